The average molecular weight is 230 g/mol. The van der Waals surface area contributed by atoms with Crippen LogP contribution in [-0.2, 0) is 14.3 Å². The van der Waals surface area contributed by atoms with Gasteiger partial charge in [-0.2, -0.15) is 0 Å². The van der Waals surface area contributed by atoms with E-state index < -0.39 is 17.6 Å². The van der Waals surface area contributed by atoms with Gasteiger partial charge in [-0.15, -0.1) is 6.58 Å². The maximum absolute atomic E-state index is 11.1. The lowest BCUT2D eigenvalue weighted by atomic mass is 10.2. The van der Waals surface area contributed by atoms with Crippen molar-refractivity contribution in [2.24, 2.45) is 0 Å². The van der Waals surface area contributed by atoms with E-state index in [0.717, 1.165) is 0 Å². The Kier molecular flexibility index (Phi) is 6.17. The Morgan fingerprint density at radius 2 is 1.94 bits per heavy atom. The molecule has 2 N–H and O–H groups in total. The number of ether oxygens (including phenoxy) is 2. The molecule has 2 amide bonds. The van der Waals surface area contributed by atoms with Gasteiger partial charge < -0.3 is 9.47 Å². The van der Waals surface area contributed by atoms with Crippen LogP contribution < -0.4 is 10.9 Å². The highest BCUT2D eigenvalue weighted by Crippen LogP contribution is 2.05. The van der Waals surface area contributed by atoms with Crippen molar-refractivity contribution in [2.45, 2.75) is 26.4 Å². The fraction of sp³-hybridized carbons (Fsp3) is 0.600. The number of hydrogen-bond donors (Lipinski definition) is 2. The lowest BCUT2D eigenvalue weighted by Crippen LogP contribution is -2.45. The van der Waals surface area contributed by atoms with E-state index in [4.69, 9.17) is 9.47 Å². The highest BCUT2D eigenvalue weighted by atomic mass is 16.6. The summed E-state index contributed by atoms with van der Waals surface area (Å²) in [4.78, 5) is 22.1. The minimum absolute atomic E-state index is 0.151. The fourth-order valence-corrected chi connectivity index (χ4v) is 0.695. The van der Waals surface area contributed by atoms with Crippen LogP contribution in [0.15, 0.2) is 12.7 Å². The van der Waals surface area contributed by atoms with E-state index in [1.807, 2.05) is 0 Å². The van der Waals surface area contributed by atoms with Crippen molar-refractivity contribution >= 4 is 12.0 Å². The number of carbonyl (C=O) groups excluding carboxylic acids is 2. The lowest BCUT2D eigenvalue weighted by Gasteiger charge is -2.19. The van der Waals surface area contributed by atoms with Gasteiger partial charge in [-0.05, 0) is 20.8 Å². The van der Waals surface area contributed by atoms with E-state index >= 15 is 0 Å². The van der Waals surface area contributed by atoms with E-state index in [9.17, 15) is 9.59 Å². The van der Waals surface area contributed by atoms with Crippen LogP contribution in [0.4, 0.5) is 4.79 Å². The van der Waals surface area contributed by atoms with E-state index in [2.05, 4.69) is 17.4 Å². The summed E-state index contributed by atoms with van der Waals surface area (Å²) in [5, 5.41) is 0. The third-order valence-corrected chi connectivity index (χ3v) is 1.17. The molecule has 0 atom stereocenters. The van der Waals surface area contributed by atoms with Gasteiger partial charge in [-0.3, -0.25) is 10.2 Å². The molecule has 0 fully saturated rings. The number of hydrazine groups is 1. The maximum atomic E-state index is 11.1. The molecule has 0 saturated heterocycles. The molecule has 0 spiro atoms. The number of nitrogens with one attached hydrogen (secondary N) is 2. The molecule has 0 aliphatic rings. The highest BCUT2D eigenvalue weighted by Gasteiger charge is 2.16. The number of carbonyl (C=O) groups is 2. The maximum Gasteiger partial charge on any atom is 0.426 e. The first-order valence-electron chi connectivity index (χ1n) is 4.81. The van der Waals surface area contributed by atoms with E-state index in [0.29, 0.717) is 0 Å². The van der Waals surface area contributed by atoms with E-state index in [1.54, 1.807) is 20.8 Å². The first-order chi connectivity index (χ1) is 7.35. The van der Waals surface area contributed by atoms with Gasteiger partial charge in [0.25, 0.3) is 5.91 Å². The Balaban J connectivity index is 3.67. The summed E-state index contributed by atoms with van der Waals surface area (Å²) >= 11 is 0. The largest absolute Gasteiger partial charge is 0.443 e. The van der Waals surface area contributed by atoms with E-state index in [-0.39, 0.29) is 13.2 Å². The third-order valence-electron chi connectivity index (χ3n) is 1.17. The minimum atomic E-state index is -0.718. The van der Waals surface area contributed by atoms with Gasteiger partial charge in [0, 0.05) is 0 Å². The van der Waals surface area contributed by atoms with E-state index in [1.165, 1.54) is 6.08 Å². The van der Waals surface area contributed by atoms with Gasteiger partial charge in [-0.1, -0.05) is 6.08 Å². The molecule has 16 heavy (non-hydrogen) atoms. The van der Waals surface area contributed by atoms with Crippen LogP contribution in [0.5, 0.6) is 0 Å². The van der Waals surface area contributed by atoms with Crippen molar-refractivity contribution in [2.75, 3.05) is 13.2 Å². The third kappa shape index (κ3) is 9.01. The van der Waals surface area contributed by atoms with Crippen molar-refractivity contribution in [1.82, 2.24) is 10.9 Å². The molecule has 0 rings (SSSR count). The van der Waals surface area contributed by atoms with Crippen LogP contribution in [-0.4, -0.2) is 30.8 Å². The fourth-order valence-electron chi connectivity index (χ4n) is 0.695. The quantitative estimate of drug-likeness (QED) is 0.424. The molecule has 0 aromatic rings. The summed E-state index contributed by atoms with van der Waals surface area (Å²) < 4.78 is 9.75. The first-order valence-corrected chi connectivity index (χ1v) is 4.81. The predicted molar refractivity (Wildman–Crippen MR) is 58.5 cm³/mol. The second kappa shape index (κ2) is 6.84. The molecule has 0 aliphatic carbocycles. The molecular formula is C10H18N2O4. The van der Waals surface area contributed by atoms with Gasteiger partial charge in [0.15, 0.2) is 0 Å². The molecule has 0 unspecified atom stereocenters. The Labute approximate surface area is 95.0 Å². The second-order valence-corrected chi connectivity index (χ2v) is 3.98. The monoisotopic (exact) mass is 230 g/mol. The summed E-state index contributed by atoms with van der Waals surface area (Å²) in [5.74, 6) is -0.465. The standard InChI is InChI=1S/C10H18N2O4/c1-5-6-15-7-8(13)11-12-9(14)16-10(2,3)4/h5H,1,6-7H2,2-4H3,(H,11,13)(H,12,14). The van der Waals surface area contributed by atoms with Crippen molar-refractivity contribution in [3.05, 3.63) is 12.7 Å². The smallest absolute Gasteiger partial charge is 0.426 e. The van der Waals surface area contributed by atoms with Crippen LogP contribution in [0.1, 0.15) is 20.8 Å². The van der Waals surface area contributed by atoms with Crippen LogP contribution in [0.3, 0.4) is 0 Å². The van der Waals surface area contributed by atoms with Crippen LogP contribution in [0.2, 0.25) is 0 Å². The van der Waals surface area contributed by atoms with Gasteiger partial charge in [0.2, 0.25) is 0 Å². The number of hydrogen-bond acceptors (Lipinski definition) is 4. The molecule has 0 radical (unpaired) electrons. The summed E-state index contributed by atoms with van der Waals surface area (Å²) in [7, 11) is 0. The Morgan fingerprint density at radius 3 is 2.44 bits per heavy atom. The number of amides is 2. The zero-order valence-corrected chi connectivity index (χ0v) is 9.83. The van der Waals surface area contributed by atoms with Gasteiger partial charge in [-0.25, -0.2) is 10.2 Å². The molecule has 92 valence electrons. The van der Waals surface area contributed by atoms with Crippen LogP contribution >= 0.6 is 0 Å². The van der Waals surface area contributed by atoms with Gasteiger partial charge >= 0.3 is 6.09 Å². The first kappa shape index (κ1) is 14.4. The van der Waals surface area contributed by atoms with Crippen molar-refractivity contribution in [3.63, 3.8) is 0 Å². The minimum Gasteiger partial charge on any atom is -0.443 e. The SMILES string of the molecule is C=CCOCC(=O)NNC(=O)OC(C)(C)C. The zero-order valence-electron chi connectivity index (χ0n) is 9.83. The number of rotatable bonds is 4. The van der Waals surface area contributed by atoms with Crippen molar-refractivity contribution < 1.29 is 19.1 Å². The molecule has 6 heteroatoms. The summed E-state index contributed by atoms with van der Waals surface area (Å²) in [6.45, 7) is 8.72. The molecule has 0 aliphatic heterocycles. The van der Waals surface area contributed by atoms with Crippen molar-refractivity contribution in [1.29, 1.82) is 0 Å². The topological polar surface area (TPSA) is 76.7 Å². The highest BCUT2D eigenvalue weighted by molar-refractivity contribution is 5.80. The normalized spacial score (nSPS) is 10.4. The molecule has 0 heterocycles. The molecule has 0 bridgehead atoms. The lowest BCUT2D eigenvalue weighted by molar-refractivity contribution is -0.126. The average Bonchev–Trinajstić information content (AvgIpc) is 2.12. The second-order valence-electron chi connectivity index (χ2n) is 3.98. The Bertz CT molecular complexity index is 258. The predicted octanol–water partition coefficient (Wildman–Crippen LogP) is 0.745. The molecular weight excluding hydrogens is 212 g/mol. The summed E-state index contributed by atoms with van der Waals surface area (Å²) in [6, 6.07) is 0. The molecule has 0 aromatic heterocycles. The Morgan fingerprint density at radius 1 is 1.31 bits per heavy atom. The summed E-state index contributed by atoms with van der Waals surface area (Å²) in [5.41, 5.74) is 3.64. The molecule has 0 saturated carbocycles. The van der Waals surface area contributed by atoms with Gasteiger partial charge in [0.05, 0.1) is 6.61 Å². The molecule has 0 aromatic carbocycles. The summed E-state index contributed by atoms with van der Waals surface area (Å²) in [6.07, 6.45) is 0.804. The van der Waals surface area contributed by atoms with Crippen molar-refractivity contribution in [3.8, 4) is 0 Å². The Hall–Kier alpha value is -1.56. The van der Waals surface area contributed by atoms with Crippen LogP contribution in [0, 0.1) is 0 Å². The molecule has 6 nitrogen and oxygen atoms in total. The zero-order chi connectivity index (χ0) is 12.6. The van der Waals surface area contributed by atoms with Crippen LogP contribution in [0.25, 0.3) is 0 Å². The van der Waals surface area contributed by atoms with Gasteiger partial charge in [0.1, 0.15) is 12.2 Å².